The maximum atomic E-state index is 5.75. The molecule has 0 radical (unpaired) electrons. The minimum Gasteiger partial charge on any atom is -0.497 e. The largest absolute Gasteiger partial charge is 0.497 e. The highest BCUT2D eigenvalue weighted by Crippen LogP contribution is 2.23. The van der Waals surface area contributed by atoms with Gasteiger partial charge in [-0.05, 0) is 45.4 Å². The molecule has 6 nitrogen and oxygen atoms in total. The number of guanidine groups is 1. The van der Waals surface area contributed by atoms with Gasteiger partial charge in [-0.25, -0.2) is 9.98 Å². The Labute approximate surface area is 178 Å². The number of aliphatic imine (C=N–C) groups is 1. The maximum Gasteiger partial charge on any atom is 0.219 e. The standard InChI is InChI=1S/C20H28N4O2.HI/c1-6-21-19(24-20(2,3)4)23-14-15-10-11-18(22-13-15)26-17-9-7-8-16(12-17)25-5;/h7-13H,6,14H2,1-5H3,(H2,21,23,24);1H. The van der Waals surface area contributed by atoms with Crippen LogP contribution in [0, 0.1) is 0 Å². The summed E-state index contributed by atoms with van der Waals surface area (Å²) in [4.78, 5) is 8.96. The first kappa shape index (κ1) is 23.0. The summed E-state index contributed by atoms with van der Waals surface area (Å²) in [7, 11) is 1.63. The van der Waals surface area contributed by atoms with Crippen LogP contribution in [0.4, 0.5) is 0 Å². The zero-order valence-electron chi connectivity index (χ0n) is 16.6. The second-order valence-corrected chi connectivity index (χ2v) is 6.86. The number of nitrogens with zero attached hydrogens (tertiary/aromatic N) is 2. The fourth-order valence-corrected chi connectivity index (χ4v) is 2.18. The molecule has 0 unspecified atom stereocenters. The molecule has 0 saturated heterocycles. The minimum atomic E-state index is -0.0479. The van der Waals surface area contributed by atoms with E-state index in [2.05, 4.69) is 41.4 Å². The number of pyridine rings is 1. The number of nitrogens with one attached hydrogen (secondary N) is 2. The quantitative estimate of drug-likeness (QED) is 0.363. The first-order valence-corrected chi connectivity index (χ1v) is 8.73. The van der Waals surface area contributed by atoms with E-state index in [1.165, 1.54) is 0 Å². The third-order valence-electron chi connectivity index (χ3n) is 3.32. The van der Waals surface area contributed by atoms with E-state index in [0.29, 0.717) is 18.2 Å². The molecule has 0 spiro atoms. The zero-order chi connectivity index (χ0) is 19.0. The van der Waals surface area contributed by atoms with Crippen molar-refractivity contribution in [2.45, 2.75) is 39.8 Å². The van der Waals surface area contributed by atoms with E-state index in [9.17, 15) is 0 Å². The minimum absolute atomic E-state index is 0. The van der Waals surface area contributed by atoms with Gasteiger partial charge in [0.05, 0.1) is 13.7 Å². The lowest BCUT2D eigenvalue weighted by Crippen LogP contribution is -2.47. The van der Waals surface area contributed by atoms with Gasteiger partial charge in [-0.3, -0.25) is 0 Å². The number of hydrogen-bond donors (Lipinski definition) is 2. The van der Waals surface area contributed by atoms with Gasteiger partial charge < -0.3 is 20.1 Å². The van der Waals surface area contributed by atoms with Crippen molar-refractivity contribution in [3.05, 3.63) is 48.2 Å². The summed E-state index contributed by atoms with van der Waals surface area (Å²) in [6.07, 6.45) is 1.78. The van der Waals surface area contributed by atoms with Gasteiger partial charge in [-0.2, -0.15) is 0 Å². The van der Waals surface area contributed by atoms with E-state index in [4.69, 9.17) is 9.47 Å². The van der Waals surface area contributed by atoms with Crippen molar-refractivity contribution in [2.75, 3.05) is 13.7 Å². The van der Waals surface area contributed by atoms with Crippen molar-refractivity contribution in [2.24, 2.45) is 4.99 Å². The van der Waals surface area contributed by atoms with Crippen LogP contribution < -0.4 is 20.1 Å². The third kappa shape index (κ3) is 8.47. The highest BCUT2D eigenvalue weighted by atomic mass is 127. The summed E-state index contributed by atoms with van der Waals surface area (Å²) in [5.74, 6) is 2.75. The topological polar surface area (TPSA) is 67.8 Å². The predicted molar refractivity (Wildman–Crippen MR) is 120 cm³/mol. The van der Waals surface area contributed by atoms with Crippen LogP contribution in [0.1, 0.15) is 33.3 Å². The molecule has 1 aromatic heterocycles. The monoisotopic (exact) mass is 484 g/mol. The van der Waals surface area contributed by atoms with Gasteiger partial charge in [-0.1, -0.05) is 12.1 Å². The van der Waals surface area contributed by atoms with Crippen molar-refractivity contribution in [1.82, 2.24) is 15.6 Å². The lowest BCUT2D eigenvalue weighted by Gasteiger charge is -2.23. The van der Waals surface area contributed by atoms with E-state index in [0.717, 1.165) is 23.8 Å². The lowest BCUT2D eigenvalue weighted by molar-refractivity contribution is 0.407. The molecule has 0 aliphatic heterocycles. The van der Waals surface area contributed by atoms with E-state index in [-0.39, 0.29) is 29.5 Å². The molecule has 2 N–H and O–H groups in total. The molecule has 2 aromatic rings. The van der Waals surface area contributed by atoms with Crippen LogP contribution in [-0.2, 0) is 6.54 Å². The molecule has 0 aliphatic carbocycles. The van der Waals surface area contributed by atoms with Crippen molar-refractivity contribution in [3.63, 3.8) is 0 Å². The number of methoxy groups -OCH3 is 1. The molecule has 1 aromatic carbocycles. The Hall–Kier alpha value is -2.03. The molecule has 7 heteroatoms. The van der Waals surface area contributed by atoms with Gasteiger partial charge in [0.1, 0.15) is 11.5 Å². The Morgan fingerprint density at radius 1 is 1.15 bits per heavy atom. The summed E-state index contributed by atoms with van der Waals surface area (Å²) >= 11 is 0. The lowest BCUT2D eigenvalue weighted by atomic mass is 10.1. The fourth-order valence-electron chi connectivity index (χ4n) is 2.18. The Morgan fingerprint density at radius 2 is 1.89 bits per heavy atom. The van der Waals surface area contributed by atoms with E-state index >= 15 is 0 Å². The maximum absolute atomic E-state index is 5.75. The van der Waals surface area contributed by atoms with Crippen molar-refractivity contribution in [3.8, 4) is 17.4 Å². The number of benzene rings is 1. The molecule has 0 saturated carbocycles. The number of aromatic nitrogens is 1. The number of halogens is 1. The highest BCUT2D eigenvalue weighted by molar-refractivity contribution is 14.0. The zero-order valence-corrected chi connectivity index (χ0v) is 18.9. The predicted octanol–water partition coefficient (Wildman–Crippen LogP) is 4.35. The van der Waals surface area contributed by atoms with Gasteiger partial charge in [0.15, 0.2) is 5.96 Å². The van der Waals surface area contributed by atoms with E-state index in [1.54, 1.807) is 13.3 Å². The second kappa shape index (κ2) is 11.0. The Kier molecular flexibility index (Phi) is 9.34. The van der Waals surface area contributed by atoms with Gasteiger partial charge in [0.25, 0.3) is 0 Å². The number of hydrogen-bond acceptors (Lipinski definition) is 4. The highest BCUT2D eigenvalue weighted by Gasteiger charge is 2.11. The van der Waals surface area contributed by atoms with Crippen LogP contribution in [0.5, 0.6) is 17.4 Å². The van der Waals surface area contributed by atoms with Crippen LogP contribution in [-0.4, -0.2) is 30.1 Å². The third-order valence-corrected chi connectivity index (χ3v) is 3.32. The van der Waals surface area contributed by atoms with Crippen molar-refractivity contribution >= 4 is 29.9 Å². The Morgan fingerprint density at radius 3 is 2.48 bits per heavy atom. The van der Waals surface area contributed by atoms with Crippen LogP contribution in [0.15, 0.2) is 47.6 Å². The average molecular weight is 484 g/mol. The first-order chi connectivity index (χ1) is 12.4. The molecule has 0 aliphatic rings. The molecule has 2 rings (SSSR count). The molecule has 0 amide bonds. The summed E-state index contributed by atoms with van der Waals surface area (Å²) in [5, 5.41) is 6.61. The van der Waals surface area contributed by atoms with Gasteiger partial charge >= 0.3 is 0 Å². The molecular formula is C20H29IN4O2. The second-order valence-electron chi connectivity index (χ2n) is 6.86. The number of rotatable bonds is 6. The average Bonchev–Trinajstić information content (AvgIpc) is 2.60. The molecule has 0 fully saturated rings. The summed E-state index contributed by atoms with van der Waals surface area (Å²) < 4.78 is 10.9. The van der Waals surface area contributed by atoms with Gasteiger partial charge in [-0.15, -0.1) is 24.0 Å². The molecule has 0 atom stereocenters. The Balaban J connectivity index is 0.00000364. The van der Waals surface area contributed by atoms with Crippen LogP contribution in [0.25, 0.3) is 0 Å². The van der Waals surface area contributed by atoms with Crippen LogP contribution >= 0.6 is 24.0 Å². The molecule has 1 heterocycles. The summed E-state index contributed by atoms with van der Waals surface area (Å²) in [6, 6.07) is 11.2. The smallest absolute Gasteiger partial charge is 0.219 e. The molecule has 0 bridgehead atoms. The van der Waals surface area contributed by atoms with E-state index in [1.807, 2.05) is 43.3 Å². The van der Waals surface area contributed by atoms with Gasteiger partial charge in [0, 0.05) is 30.4 Å². The van der Waals surface area contributed by atoms with Crippen LogP contribution in [0.2, 0.25) is 0 Å². The molecule has 148 valence electrons. The first-order valence-electron chi connectivity index (χ1n) is 8.73. The number of ether oxygens (including phenoxy) is 2. The SMILES string of the molecule is CCNC(=NCc1ccc(Oc2cccc(OC)c2)nc1)NC(C)(C)C.I. The fraction of sp³-hybridized carbons (Fsp3) is 0.400. The molecular weight excluding hydrogens is 455 g/mol. The van der Waals surface area contributed by atoms with Gasteiger partial charge in [0.2, 0.25) is 5.88 Å². The van der Waals surface area contributed by atoms with Crippen molar-refractivity contribution < 1.29 is 9.47 Å². The van der Waals surface area contributed by atoms with E-state index < -0.39 is 0 Å². The summed E-state index contributed by atoms with van der Waals surface area (Å²) in [6.45, 7) is 9.71. The normalized spacial score (nSPS) is 11.4. The molecule has 27 heavy (non-hydrogen) atoms. The van der Waals surface area contributed by atoms with Crippen LogP contribution in [0.3, 0.4) is 0 Å². The summed E-state index contributed by atoms with van der Waals surface area (Å²) in [5.41, 5.74) is 0.961. The van der Waals surface area contributed by atoms with Crippen molar-refractivity contribution in [1.29, 1.82) is 0 Å². The Bertz CT molecular complexity index is 728.